The van der Waals surface area contributed by atoms with Crippen molar-refractivity contribution in [1.29, 1.82) is 0 Å². The molecule has 0 fully saturated rings. The number of hydrogen-bond acceptors (Lipinski definition) is 3. The van der Waals surface area contributed by atoms with Gasteiger partial charge in [0.1, 0.15) is 5.01 Å². The van der Waals surface area contributed by atoms with Crippen molar-refractivity contribution >= 4 is 32.2 Å². The summed E-state index contributed by atoms with van der Waals surface area (Å²) in [6.45, 7) is 2.08. The predicted molar refractivity (Wildman–Crippen MR) is 94.2 cm³/mol. The van der Waals surface area contributed by atoms with Gasteiger partial charge in [0.25, 0.3) is 0 Å². The van der Waals surface area contributed by atoms with Crippen LogP contribution < -0.4 is 0 Å². The Labute approximate surface area is 140 Å². The van der Waals surface area contributed by atoms with E-state index in [4.69, 9.17) is 0 Å². The van der Waals surface area contributed by atoms with E-state index in [9.17, 15) is 0 Å². The minimum atomic E-state index is 0.908. The number of benzene rings is 2. The van der Waals surface area contributed by atoms with Crippen LogP contribution in [0.4, 0.5) is 0 Å². The highest BCUT2D eigenvalue weighted by Crippen LogP contribution is 2.29. The second-order valence-electron chi connectivity index (χ2n) is 5.14. The fraction of sp³-hybridized carbons (Fsp3) is 0.0588. The van der Waals surface area contributed by atoms with Gasteiger partial charge in [0.05, 0.1) is 11.9 Å². The van der Waals surface area contributed by atoms with Crippen LogP contribution in [0.15, 0.2) is 59.2 Å². The molecule has 0 aliphatic rings. The Kier molecular flexibility index (Phi) is 3.32. The van der Waals surface area contributed by atoms with Crippen molar-refractivity contribution in [2.75, 3.05) is 0 Å². The Morgan fingerprint density at radius 3 is 2.59 bits per heavy atom. The van der Waals surface area contributed by atoms with Gasteiger partial charge in [-0.1, -0.05) is 69.2 Å². The molecule has 4 aromatic rings. The zero-order chi connectivity index (χ0) is 15.1. The normalized spacial score (nSPS) is 11.2. The topological polar surface area (TPSA) is 30.2 Å². The van der Waals surface area contributed by atoms with Crippen LogP contribution in [0.5, 0.6) is 0 Å². The van der Waals surface area contributed by atoms with Crippen molar-refractivity contribution in [2.45, 2.75) is 6.92 Å². The number of rotatable bonds is 2. The molecule has 0 aliphatic heterocycles. The lowest BCUT2D eigenvalue weighted by Gasteiger charge is -1.97. The van der Waals surface area contributed by atoms with Crippen molar-refractivity contribution in [2.24, 2.45) is 0 Å². The highest BCUT2D eigenvalue weighted by atomic mass is 79.9. The van der Waals surface area contributed by atoms with Crippen molar-refractivity contribution in [1.82, 2.24) is 14.6 Å². The van der Waals surface area contributed by atoms with Gasteiger partial charge in [-0.15, -0.1) is 0 Å². The molecule has 2 aromatic carbocycles. The van der Waals surface area contributed by atoms with E-state index < -0.39 is 0 Å². The molecule has 2 aromatic heterocycles. The number of aromatic nitrogens is 3. The number of aryl methyl sites for hydroxylation is 1. The Morgan fingerprint density at radius 1 is 1.05 bits per heavy atom. The first-order chi connectivity index (χ1) is 10.7. The third-order valence-corrected chi connectivity index (χ3v) is 4.93. The molecule has 0 aliphatic carbocycles. The zero-order valence-electron chi connectivity index (χ0n) is 11.8. The second-order valence-corrected chi connectivity index (χ2v) is 7.01. The summed E-state index contributed by atoms with van der Waals surface area (Å²) in [5.74, 6) is 0. The number of fused-ring (bicyclic) bond motifs is 1. The monoisotopic (exact) mass is 369 g/mol. The molecule has 0 amide bonds. The van der Waals surface area contributed by atoms with Crippen LogP contribution in [-0.2, 0) is 0 Å². The summed E-state index contributed by atoms with van der Waals surface area (Å²) >= 11 is 5.09. The quantitative estimate of drug-likeness (QED) is 0.486. The van der Waals surface area contributed by atoms with Crippen LogP contribution in [0.25, 0.3) is 26.8 Å². The van der Waals surface area contributed by atoms with Crippen molar-refractivity contribution in [3.8, 4) is 21.8 Å². The summed E-state index contributed by atoms with van der Waals surface area (Å²) in [6.07, 6.45) is 1.98. The molecular formula is C17H12BrN3S. The fourth-order valence-corrected chi connectivity index (χ4v) is 3.58. The Hall–Kier alpha value is -1.98. The third-order valence-electron chi connectivity index (χ3n) is 3.46. The number of nitrogens with zero attached hydrogens (tertiary/aromatic N) is 3. The third kappa shape index (κ3) is 2.46. The van der Waals surface area contributed by atoms with Gasteiger partial charge in [0.2, 0.25) is 4.96 Å². The first kappa shape index (κ1) is 13.7. The molecule has 4 rings (SSSR count). The molecule has 0 saturated heterocycles. The second kappa shape index (κ2) is 5.34. The molecule has 108 valence electrons. The summed E-state index contributed by atoms with van der Waals surface area (Å²) in [7, 11) is 0. The molecule has 0 N–H and O–H groups in total. The van der Waals surface area contributed by atoms with Crippen LogP contribution in [0.2, 0.25) is 0 Å². The van der Waals surface area contributed by atoms with Gasteiger partial charge < -0.3 is 0 Å². The maximum Gasteiger partial charge on any atom is 0.213 e. The molecule has 0 unspecified atom stereocenters. The maximum absolute atomic E-state index is 4.69. The molecule has 2 heterocycles. The first-order valence-corrected chi connectivity index (χ1v) is 8.49. The zero-order valence-corrected chi connectivity index (χ0v) is 14.2. The van der Waals surface area contributed by atoms with Crippen LogP contribution >= 0.6 is 27.3 Å². The molecule has 0 spiro atoms. The maximum atomic E-state index is 4.69. The summed E-state index contributed by atoms with van der Waals surface area (Å²) < 4.78 is 2.91. The van der Waals surface area contributed by atoms with Gasteiger partial charge in [-0.3, -0.25) is 0 Å². The average Bonchev–Trinajstić information content (AvgIpc) is 3.06. The number of hydrogen-bond donors (Lipinski definition) is 0. The number of imidazole rings is 1. The lowest BCUT2D eigenvalue weighted by atomic mass is 10.1. The molecule has 0 atom stereocenters. The molecular weight excluding hydrogens is 358 g/mol. The summed E-state index contributed by atoms with van der Waals surface area (Å²) in [5.41, 5.74) is 4.42. The van der Waals surface area contributed by atoms with Gasteiger partial charge in [-0.2, -0.15) is 5.10 Å². The summed E-state index contributed by atoms with van der Waals surface area (Å²) in [4.78, 5) is 5.60. The van der Waals surface area contributed by atoms with E-state index in [0.717, 1.165) is 31.3 Å². The van der Waals surface area contributed by atoms with Gasteiger partial charge in [-0.05, 0) is 19.1 Å². The van der Waals surface area contributed by atoms with Crippen molar-refractivity contribution in [3.63, 3.8) is 0 Å². The summed E-state index contributed by atoms with van der Waals surface area (Å²) in [6, 6.07) is 16.5. The van der Waals surface area contributed by atoms with Crippen LogP contribution in [-0.4, -0.2) is 14.6 Å². The number of halogens is 1. The van der Waals surface area contributed by atoms with E-state index in [1.807, 2.05) is 22.8 Å². The van der Waals surface area contributed by atoms with E-state index in [1.54, 1.807) is 11.3 Å². The Balaban J connectivity index is 1.75. The highest BCUT2D eigenvalue weighted by Gasteiger charge is 2.11. The predicted octanol–water partition coefficient (Wildman–Crippen LogP) is 5.20. The molecule has 0 bridgehead atoms. The van der Waals surface area contributed by atoms with Crippen molar-refractivity contribution in [3.05, 3.63) is 64.8 Å². The molecule has 5 heteroatoms. The molecule has 3 nitrogen and oxygen atoms in total. The Bertz CT molecular complexity index is 922. The molecule has 0 saturated carbocycles. The van der Waals surface area contributed by atoms with Crippen molar-refractivity contribution < 1.29 is 0 Å². The highest BCUT2D eigenvalue weighted by molar-refractivity contribution is 9.10. The van der Waals surface area contributed by atoms with Gasteiger partial charge in [0, 0.05) is 15.6 Å². The Morgan fingerprint density at radius 2 is 1.86 bits per heavy atom. The van der Waals surface area contributed by atoms with E-state index >= 15 is 0 Å². The van der Waals surface area contributed by atoms with Crippen LogP contribution in [0.1, 0.15) is 5.56 Å². The first-order valence-electron chi connectivity index (χ1n) is 6.88. The smallest absolute Gasteiger partial charge is 0.213 e. The average molecular weight is 370 g/mol. The van der Waals surface area contributed by atoms with E-state index in [0.29, 0.717) is 0 Å². The van der Waals surface area contributed by atoms with Gasteiger partial charge in [0.15, 0.2) is 0 Å². The minimum absolute atomic E-state index is 0.908. The lowest BCUT2D eigenvalue weighted by molar-refractivity contribution is 0.978. The van der Waals surface area contributed by atoms with Crippen LogP contribution in [0, 0.1) is 6.92 Å². The standard InChI is InChI=1S/C17H12BrN3S/c1-11-5-7-12(8-6-11)15-10-21-17(19-15)22-16(20-21)13-3-2-4-14(18)9-13/h2-10H,1H3. The minimum Gasteiger partial charge on any atom is -0.217 e. The summed E-state index contributed by atoms with van der Waals surface area (Å²) in [5, 5.41) is 5.61. The van der Waals surface area contributed by atoms with E-state index in [2.05, 4.69) is 69.3 Å². The lowest BCUT2D eigenvalue weighted by Crippen LogP contribution is -1.82. The molecule has 22 heavy (non-hydrogen) atoms. The molecule has 0 radical (unpaired) electrons. The van der Waals surface area contributed by atoms with Gasteiger partial charge >= 0.3 is 0 Å². The fourth-order valence-electron chi connectivity index (χ4n) is 2.30. The van der Waals surface area contributed by atoms with Crippen LogP contribution in [0.3, 0.4) is 0 Å². The van der Waals surface area contributed by atoms with E-state index in [1.165, 1.54) is 5.56 Å². The largest absolute Gasteiger partial charge is 0.217 e. The van der Waals surface area contributed by atoms with Gasteiger partial charge in [-0.25, -0.2) is 9.50 Å². The van der Waals surface area contributed by atoms with E-state index in [-0.39, 0.29) is 0 Å². The SMILES string of the molecule is Cc1ccc(-c2cn3nc(-c4cccc(Br)c4)sc3n2)cc1.